The van der Waals surface area contributed by atoms with Crippen molar-refractivity contribution in [3.63, 3.8) is 0 Å². The lowest BCUT2D eigenvalue weighted by Gasteiger charge is -2.08. The van der Waals surface area contributed by atoms with Gasteiger partial charge in [0.1, 0.15) is 5.01 Å². The molecule has 0 atom stereocenters. The average molecular weight is 391 g/mol. The van der Waals surface area contributed by atoms with Gasteiger partial charge in [-0.25, -0.2) is 9.37 Å². The first-order valence-electron chi connectivity index (χ1n) is 7.54. The Balaban J connectivity index is 1.42. The van der Waals surface area contributed by atoms with Crippen molar-refractivity contribution in [1.82, 2.24) is 15.8 Å². The summed E-state index contributed by atoms with van der Waals surface area (Å²) in [5, 5.41) is 6.59. The Morgan fingerprint density at radius 3 is 2.69 bits per heavy atom. The summed E-state index contributed by atoms with van der Waals surface area (Å²) in [6, 6.07) is 7.71. The van der Waals surface area contributed by atoms with Crippen LogP contribution in [0.5, 0.6) is 5.75 Å². The molecule has 3 aromatic rings. The zero-order valence-corrected chi connectivity index (χ0v) is 15.0. The fourth-order valence-corrected chi connectivity index (χ4v) is 3.53. The molecule has 0 saturated heterocycles. The van der Waals surface area contributed by atoms with Crippen LogP contribution in [0.25, 0.3) is 10.6 Å². The Morgan fingerprint density at radius 2 is 1.92 bits per heavy atom. The average Bonchev–Trinajstić information content (AvgIpc) is 3.30. The molecule has 134 valence electrons. The summed E-state index contributed by atoms with van der Waals surface area (Å²) in [4.78, 5) is 27.9. The molecule has 2 amide bonds. The molecule has 0 aliphatic rings. The van der Waals surface area contributed by atoms with Crippen LogP contribution in [0.15, 0.2) is 46.5 Å². The number of nitrogens with one attached hydrogen (secondary N) is 2. The maximum absolute atomic E-state index is 13.4. The first-order valence-corrected chi connectivity index (χ1v) is 9.36. The number of rotatable bonds is 6. The topological polar surface area (TPSA) is 80.3 Å². The number of ether oxygens (including phenoxy) is 1. The third-order valence-corrected chi connectivity index (χ3v) is 4.82. The van der Waals surface area contributed by atoms with Gasteiger partial charge in [0.25, 0.3) is 5.91 Å². The first kappa shape index (κ1) is 18.0. The second kappa shape index (κ2) is 8.54. The van der Waals surface area contributed by atoms with E-state index in [4.69, 9.17) is 4.74 Å². The molecule has 9 heteroatoms. The van der Waals surface area contributed by atoms with E-state index in [0.717, 1.165) is 10.6 Å². The monoisotopic (exact) mass is 391 g/mol. The number of thiophene rings is 1. The van der Waals surface area contributed by atoms with Gasteiger partial charge in [-0.05, 0) is 23.6 Å². The molecule has 0 saturated carbocycles. The minimum absolute atomic E-state index is 0.0302. The van der Waals surface area contributed by atoms with Gasteiger partial charge in [0.05, 0.1) is 12.1 Å². The molecule has 0 bridgehead atoms. The zero-order valence-electron chi connectivity index (χ0n) is 13.4. The molecule has 0 spiro atoms. The molecule has 2 N–H and O–H groups in total. The Kier molecular flexibility index (Phi) is 5.92. The first-order chi connectivity index (χ1) is 12.6. The van der Waals surface area contributed by atoms with Gasteiger partial charge >= 0.3 is 0 Å². The largest absolute Gasteiger partial charge is 0.481 e. The van der Waals surface area contributed by atoms with Gasteiger partial charge in [0, 0.05) is 16.3 Å². The number of thiazole rings is 1. The van der Waals surface area contributed by atoms with Crippen molar-refractivity contribution >= 4 is 34.5 Å². The quantitative estimate of drug-likeness (QED) is 0.633. The Labute approximate surface area is 156 Å². The highest BCUT2D eigenvalue weighted by molar-refractivity contribution is 7.14. The lowest BCUT2D eigenvalue weighted by atomic mass is 10.3. The summed E-state index contributed by atoms with van der Waals surface area (Å²) in [7, 11) is 0. The number of halogens is 1. The number of nitrogens with zero attached hydrogens (tertiary/aromatic N) is 1. The van der Waals surface area contributed by atoms with Gasteiger partial charge in [-0.3, -0.25) is 20.4 Å². The zero-order chi connectivity index (χ0) is 18.4. The highest BCUT2D eigenvalue weighted by Crippen LogP contribution is 2.25. The number of hydrogen-bond acceptors (Lipinski definition) is 6. The predicted octanol–water partition coefficient (Wildman–Crippen LogP) is 2.78. The van der Waals surface area contributed by atoms with Crippen molar-refractivity contribution in [1.29, 1.82) is 0 Å². The van der Waals surface area contributed by atoms with Crippen LogP contribution in [0, 0.1) is 5.82 Å². The lowest BCUT2D eigenvalue weighted by Crippen LogP contribution is -2.44. The molecular weight excluding hydrogens is 377 g/mol. The molecule has 26 heavy (non-hydrogen) atoms. The third-order valence-electron chi connectivity index (χ3n) is 3.20. The van der Waals surface area contributed by atoms with Crippen LogP contribution in [0.3, 0.4) is 0 Å². The molecular formula is C17H14FN3O3S2. The molecule has 2 heterocycles. The van der Waals surface area contributed by atoms with E-state index in [-0.39, 0.29) is 12.2 Å². The number of carbonyl (C=O) groups excluding carboxylic acids is 2. The summed E-state index contributed by atoms with van der Waals surface area (Å²) >= 11 is 3.03. The van der Waals surface area contributed by atoms with Gasteiger partial charge in [-0.15, -0.1) is 11.3 Å². The second-order valence-electron chi connectivity index (χ2n) is 5.15. The van der Waals surface area contributed by atoms with Crippen LogP contribution >= 0.6 is 22.7 Å². The molecule has 3 rings (SSSR count). The molecule has 0 aliphatic carbocycles. The maximum atomic E-state index is 13.4. The van der Waals surface area contributed by atoms with E-state index in [1.165, 1.54) is 29.5 Å². The highest BCUT2D eigenvalue weighted by Gasteiger charge is 2.11. The van der Waals surface area contributed by atoms with E-state index in [9.17, 15) is 14.0 Å². The van der Waals surface area contributed by atoms with Crippen molar-refractivity contribution in [2.24, 2.45) is 0 Å². The van der Waals surface area contributed by atoms with Crippen molar-refractivity contribution in [3.05, 3.63) is 58.0 Å². The molecule has 0 aliphatic heterocycles. The second-order valence-corrected chi connectivity index (χ2v) is 6.79. The minimum Gasteiger partial charge on any atom is -0.481 e. The fraction of sp³-hybridized carbons (Fsp3) is 0.118. The predicted molar refractivity (Wildman–Crippen MR) is 97.3 cm³/mol. The summed E-state index contributed by atoms with van der Waals surface area (Å²) in [6.45, 7) is -0.416. The standard InChI is InChI=1S/C17H14FN3O3S2/c18-13-3-1-2-4-14(13)24-8-16(23)21-20-15(22)7-12-10-26-17(19-12)11-5-6-25-9-11/h1-6,9-10H,7-8H2,(H,20,22)(H,21,23). The summed E-state index contributed by atoms with van der Waals surface area (Å²) < 4.78 is 18.4. The number of benzene rings is 1. The number of carbonyl (C=O) groups is 2. The van der Waals surface area contributed by atoms with Crippen LogP contribution in [-0.4, -0.2) is 23.4 Å². The van der Waals surface area contributed by atoms with Gasteiger partial charge in [0.15, 0.2) is 18.2 Å². The van der Waals surface area contributed by atoms with E-state index in [1.54, 1.807) is 22.8 Å². The molecule has 1 aromatic carbocycles. The van der Waals surface area contributed by atoms with E-state index in [2.05, 4.69) is 15.8 Å². The molecule has 0 fully saturated rings. The van der Waals surface area contributed by atoms with Crippen LogP contribution in [-0.2, 0) is 16.0 Å². The number of hydrogen-bond donors (Lipinski definition) is 2. The Hall–Kier alpha value is -2.78. The van der Waals surface area contributed by atoms with Crippen molar-refractivity contribution in [2.45, 2.75) is 6.42 Å². The Morgan fingerprint density at radius 1 is 1.12 bits per heavy atom. The molecule has 0 radical (unpaired) electrons. The van der Waals surface area contributed by atoms with Gasteiger partial charge < -0.3 is 4.74 Å². The van der Waals surface area contributed by atoms with Crippen LogP contribution in [0.4, 0.5) is 4.39 Å². The summed E-state index contributed by atoms with van der Waals surface area (Å²) in [5.74, 6) is -1.60. The van der Waals surface area contributed by atoms with Crippen LogP contribution in [0.1, 0.15) is 5.69 Å². The third kappa shape index (κ3) is 4.87. The lowest BCUT2D eigenvalue weighted by molar-refractivity contribution is -0.129. The molecule has 2 aromatic heterocycles. The maximum Gasteiger partial charge on any atom is 0.276 e. The number of amides is 2. The van der Waals surface area contributed by atoms with Crippen LogP contribution < -0.4 is 15.6 Å². The van der Waals surface area contributed by atoms with E-state index in [1.807, 2.05) is 16.8 Å². The van der Waals surface area contributed by atoms with E-state index in [0.29, 0.717) is 5.69 Å². The van der Waals surface area contributed by atoms with Crippen LogP contribution in [0.2, 0.25) is 0 Å². The normalized spacial score (nSPS) is 10.3. The number of hydrazine groups is 1. The Bertz CT molecular complexity index is 896. The number of para-hydroxylation sites is 1. The van der Waals surface area contributed by atoms with Crippen molar-refractivity contribution in [3.8, 4) is 16.3 Å². The van der Waals surface area contributed by atoms with E-state index < -0.39 is 24.2 Å². The smallest absolute Gasteiger partial charge is 0.276 e. The number of aromatic nitrogens is 1. The summed E-state index contributed by atoms with van der Waals surface area (Å²) in [5.41, 5.74) is 6.13. The highest BCUT2D eigenvalue weighted by atomic mass is 32.1. The van der Waals surface area contributed by atoms with Crippen molar-refractivity contribution in [2.75, 3.05) is 6.61 Å². The fourth-order valence-electron chi connectivity index (χ4n) is 2.00. The molecule has 6 nitrogen and oxygen atoms in total. The summed E-state index contributed by atoms with van der Waals surface area (Å²) in [6.07, 6.45) is 0.0368. The van der Waals surface area contributed by atoms with E-state index >= 15 is 0 Å². The van der Waals surface area contributed by atoms with Crippen molar-refractivity contribution < 1.29 is 18.7 Å². The van der Waals surface area contributed by atoms with Gasteiger partial charge in [-0.2, -0.15) is 11.3 Å². The molecule has 0 unspecified atom stereocenters. The SMILES string of the molecule is O=C(COc1ccccc1F)NNC(=O)Cc1csc(-c2ccsc2)n1. The van der Waals surface area contributed by atoms with Gasteiger partial charge in [-0.1, -0.05) is 12.1 Å². The van der Waals surface area contributed by atoms with Gasteiger partial charge in [0.2, 0.25) is 5.91 Å². The minimum atomic E-state index is -0.598.